The lowest BCUT2D eigenvalue weighted by Crippen LogP contribution is -2.25. The Kier molecular flexibility index (Phi) is 3.15. The van der Waals surface area contributed by atoms with Crippen LogP contribution in [-0.2, 0) is 11.3 Å². The minimum Gasteiger partial charge on any atom is -0.480 e. The highest BCUT2D eigenvalue weighted by molar-refractivity contribution is 5.73. The maximum atomic E-state index is 10.8. The third-order valence-electron chi connectivity index (χ3n) is 2.36. The monoisotopic (exact) mass is 232 g/mol. The summed E-state index contributed by atoms with van der Waals surface area (Å²) in [5.41, 5.74) is 6.52. The van der Waals surface area contributed by atoms with Gasteiger partial charge in [-0.25, -0.2) is 9.67 Å². The van der Waals surface area contributed by atoms with Gasteiger partial charge in [-0.15, -0.1) is 0 Å². The van der Waals surface area contributed by atoms with Crippen molar-refractivity contribution >= 4 is 5.97 Å². The quantitative estimate of drug-likeness (QED) is 0.796. The number of rotatable bonds is 4. The van der Waals surface area contributed by atoms with Crippen molar-refractivity contribution in [2.75, 3.05) is 0 Å². The molecular weight excluding hydrogens is 220 g/mol. The molecule has 1 atom stereocenters. The molecule has 0 saturated heterocycles. The van der Waals surface area contributed by atoms with Crippen LogP contribution in [0.1, 0.15) is 17.4 Å². The van der Waals surface area contributed by atoms with E-state index >= 15 is 0 Å². The van der Waals surface area contributed by atoms with Gasteiger partial charge in [0, 0.05) is 0 Å². The number of carboxylic acids is 1. The van der Waals surface area contributed by atoms with Gasteiger partial charge < -0.3 is 10.8 Å². The first-order valence-electron chi connectivity index (χ1n) is 5.08. The molecule has 1 aromatic heterocycles. The second-order valence-corrected chi connectivity index (χ2v) is 3.58. The highest BCUT2D eigenvalue weighted by Crippen LogP contribution is 2.09. The molecule has 0 bridgehead atoms. The Labute approximate surface area is 97.7 Å². The van der Waals surface area contributed by atoms with Crippen LogP contribution in [0.2, 0.25) is 0 Å². The molecule has 6 heteroatoms. The third kappa shape index (κ3) is 2.48. The Hall–Kier alpha value is -2.21. The van der Waals surface area contributed by atoms with Gasteiger partial charge in [0.25, 0.3) is 0 Å². The molecule has 0 aliphatic heterocycles. The molecule has 0 spiro atoms. The first-order chi connectivity index (χ1) is 8.18. The predicted octanol–water partition coefficient (Wildman–Crippen LogP) is 0.411. The van der Waals surface area contributed by atoms with Crippen LogP contribution in [0.3, 0.4) is 0 Å². The van der Waals surface area contributed by atoms with Crippen LogP contribution in [0.5, 0.6) is 0 Å². The fourth-order valence-electron chi connectivity index (χ4n) is 1.50. The number of nitrogens with zero attached hydrogens (tertiary/aromatic N) is 3. The maximum absolute atomic E-state index is 10.8. The topological polar surface area (TPSA) is 94.0 Å². The summed E-state index contributed by atoms with van der Waals surface area (Å²) in [6.45, 7) is 0.456. The van der Waals surface area contributed by atoms with Gasteiger partial charge in [-0.2, -0.15) is 5.10 Å². The molecule has 0 aliphatic carbocycles. The summed E-state index contributed by atoms with van der Waals surface area (Å²) in [5, 5.41) is 12.8. The van der Waals surface area contributed by atoms with E-state index in [2.05, 4.69) is 10.1 Å². The molecule has 0 amide bonds. The number of carbonyl (C=O) groups is 1. The van der Waals surface area contributed by atoms with Crippen LogP contribution in [0.25, 0.3) is 0 Å². The third-order valence-corrected chi connectivity index (χ3v) is 2.36. The smallest absolute Gasteiger partial charge is 0.328 e. The summed E-state index contributed by atoms with van der Waals surface area (Å²) in [4.78, 5) is 14.7. The molecule has 88 valence electrons. The average Bonchev–Trinajstić information content (AvgIpc) is 2.77. The zero-order valence-corrected chi connectivity index (χ0v) is 9.02. The van der Waals surface area contributed by atoms with E-state index in [1.54, 1.807) is 0 Å². The van der Waals surface area contributed by atoms with Crippen molar-refractivity contribution in [3.8, 4) is 0 Å². The normalized spacial score (nSPS) is 12.3. The summed E-state index contributed by atoms with van der Waals surface area (Å²) in [5.74, 6) is -0.867. The number of aliphatic carboxylic acids is 1. The largest absolute Gasteiger partial charge is 0.480 e. The molecule has 3 N–H and O–H groups in total. The van der Waals surface area contributed by atoms with Crippen LogP contribution in [0.4, 0.5) is 0 Å². The molecule has 2 rings (SSSR count). The zero-order valence-electron chi connectivity index (χ0n) is 9.02. The lowest BCUT2D eigenvalue weighted by molar-refractivity contribution is -0.138. The first-order valence-corrected chi connectivity index (χ1v) is 5.08. The summed E-state index contributed by atoms with van der Waals surface area (Å²) in [6.07, 6.45) is 1.31. The maximum Gasteiger partial charge on any atom is 0.328 e. The van der Waals surface area contributed by atoms with Crippen molar-refractivity contribution in [1.29, 1.82) is 0 Å². The van der Waals surface area contributed by atoms with E-state index in [-0.39, 0.29) is 5.82 Å². The summed E-state index contributed by atoms with van der Waals surface area (Å²) >= 11 is 0. The lowest BCUT2D eigenvalue weighted by Gasteiger charge is -2.08. The number of nitrogens with two attached hydrogens (primary N) is 1. The van der Waals surface area contributed by atoms with Crippen molar-refractivity contribution in [1.82, 2.24) is 14.8 Å². The molecule has 2 aromatic rings. The lowest BCUT2D eigenvalue weighted by atomic mass is 10.2. The second-order valence-electron chi connectivity index (χ2n) is 3.58. The van der Waals surface area contributed by atoms with Crippen LogP contribution in [0, 0.1) is 0 Å². The Bertz CT molecular complexity index is 509. The van der Waals surface area contributed by atoms with Crippen LogP contribution in [0.15, 0.2) is 36.7 Å². The van der Waals surface area contributed by atoms with E-state index in [4.69, 9.17) is 10.8 Å². The van der Waals surface area contributed by atoms with Crippen molar-refractivity contribution in [2.24, 2.45) is 5.73 Å². The van der Waals surface area contributed by atoms with Gasteiger partial charge in [-0.1, -0.05) is 30.3 Å². The fourth-order valence-corrected chi connectivity index (χ4v) is 1.50. The van der Waals surface area contributed by atoms with Crippen LogP contribution >= 0.6 is 0 Å². The number of benzene rings is 1. The molecule has 1 unspecified atom stereocenters. The molecule has 0 fully saturated rings. The molecule has 1 aromatic carbocycles. The molecule has 1 heterocycles. The summed E-state index contributed by atoms with van der Waals surface area (Å²) in [6, 6.07) is 8.43. The van der Waals surface area contributed by atoms with Crippen molar-refractivity contribution < 1.29 is 9.90 Å². The van der Waals surface area contributed by atoms with E-state index in [0.29, 0.717) is 6.54 Å². The minimum atomic E-state index is -1.15. The Morgan fingerprint density at radius 1 is 1.41 bits per heavy atom. The minimum absolute atomic E-state index is 0.251. The van der Waals surface area contributed by atoms with Crippen molar-refractivity contribution in [3.05, 3.63) is 48.0 Å². The molecule has 0 aliphatic rings. The van der Waals surface area contributed by atoms with E-state index < -0.39 is 12.0 Å². The average molecular weight is 232 g/mol. The van der Waals surface area contributed by atoms with Gasteiger partial charge in [0.1, 0.15) is 6.33 Å². The highest BCUT2D eigenvalue weighted by atomic mass is 16.4. The van der Waals surface area contributed by atoms with Crippen LogP contribution < -0.4 is 5.73 Å². The summed E-state index contributed by atoms with van der Waals surface area (Å²) < 4.78 is 1.49. The number of aromatic nitrogens is 3. The van der Waals surface area contributed by atoms with Gasteiger partial charge >= 0.3 is 5.97 Å². The number of hydrogen-bond donors (Lipinski definition) is 2. The van der Waals surface area contributed by atoms with Gasteiger partial charge in [0.15, 0.2) is 11.9 Å². The van der Waals surface area contributed by atoms with Gasteiger partial charge in [-0.3, -0.25) is 4.79 Å². The van der Waals surface area contributed by atoms with Gasteiger partial charge in [0.05, 0.1) is 6.54 Å². The van der Waals surface area contributed by atoms with E-state index in [9.17, 15) is 4.79 Å². The fraction of sp³-hybridized carbons (Fsp3) is 0.182. The van der Waals surface area contributed by atoms with Crippen molar-refractivity contribution in [3.63, 3.8) is 0 Å². The Morgan fingerprint density at radius 2 is 2.12 bits per heavy atom. The SMILES string of the molecule is NC(C(=O)O)c1ncnn1Cc1ccccc1. The predicted molar refractivity (Wildman–Crippen MR) is 60.1 cm³/mol. The second kappa shape index (κ2) is 4.75. The van der Waals surface area contributed by atoms with E-state index in [1.807, 2.05) is 30.3 Å². The molecular formula is C11H12N4O2. The molecule has 0 saturated carbocycles. The van der Waals surface area contributed by atoms with Gasteiger partial charge in [-0.05, 0) is 5.56 Å². The first kappa shape index (κ1) is 11.3. The van der Waals surface area contributed by atoms with Gasteiger partial charge in [0.2, 0.25) is 0 Å². The molecule has 17 heavy (non-hydrogen) atoms. The van der Waals surface area contributed by atoms with Crippen molar-refractivity contribution in [2.45, 2.75) is 12.6 Å². The number of hydrogen-bond acceptors (Lipinski definition) is 4. The highest BCUT2D eigenvalue weighted by Gasteiger charge is 2.20. The number of carboxylic acid groups (broad SMARTS) is 1. The Balaban J connectivity index is 2.23. The van der Waals surface area contributed by atoms with E-state index in [0.717, 1.165) is 5.56 Å². The molecule has 0 radical (unpaired) electrons. The summed E-state index contributed by atoms with van der Waals surface area (Å²) in [7, 11) is 0. The standard InChI is InChI=1S/C11H12N4O2/c12-9(11(16)17)10-13-7-14-15(10)6-8-4-2-1-3-5-8/h1-5,7,9H,6,12H2,(H,16,17). The zero-order chi connectivity index (χ0) is 12.3. The Morgan fingerprint density at radius 3 is 2.76 bits per heavy atom. The van der Waals surface area contributed by atoms with Crippen LogP contribution in [-0.4, -0.2) is 25.8 Å². The van der Waals surface area contributed by atoms with E-state index in [1.165, 1.54) is 11.0 Å². The molecule has 6 nitrogen and oxygen atoms in total.